The lowest BCUT2D eigenvalue weighted by molar-refractivity contribution is -0.116. The van der Waals surface area contributed by atoms with Crippen molar-refractivity contribution in [1.29, 1.82) is 0 Å². The minimum absolute atomic E-state index is 0.167. The summed E-state index contributed by atoms with van der Waals surface area (Å²) in [5.41, 5.74) is 6.13. The molecule has 0 spiro atoms. The molecule has 0 fully saturated rings. The molecule has 0 saturated carbocycles. The van der Waals surface area contributed by atoms with Crippen molar-refractivity contribution in [3.8, 4) is 11.3 Å². The number of nitrogens with one attached hydrogen (secondary N) is 1. The Labute approximate surface area is 292 Å². The van der Waals surface area contributed by atoms with Gasteiger partial charge >= 0.3 is 5.97 Å². The Morgan fingerprint density at radius 2 is 1.48 bits per heavy atom. The molecule has 0 bridgehead atoms. The van der Waals surface area contributed by atoms with Crippen LogP contribution in [0.25, 0.3) is 28.2 Å². The van der Waals surface area contributed by atoms with Gasteiger partial charge < -0.3 is 10.4 Å². The van der Waals surface area contributed by atoms with E-state index in [1.165, 1.54) is 11.8 Å². The number of aryl methyl sites for hydroxylation is 1. The summed E-state index contributed by atoms with van der Waals surface area (Å²) in [4.78, 5) is 50.9. The monoisotopic (exact) mass is 674 g/mol. The van der Waals surface area contributed by atoms with Crippen molar-refractivity contribution in [2.45, 2.75) is 12.2 Å². The van der Waals surface area contributed by atoms with E-state index in [-0.39, 0.29) is 23.1 Å². The summed E-state index contributed by atoms with van der Waals surface area (Å²) >= 11 is 1.20. The fourth-order valence-corrected chi connectivity index (χ4v) is 6.75. The van der Waals surface area contributed by atoms with Gasteiger partial charge in [-0.05, 0) is 60.5 Å². The number of rotatable bonds is 8. The molecule has 50 heavy (non-hydrogen) atoms. The number of anilines is 2. The van der Waals surface area contributed by atoms with E-state index in [9.17, 15) is 19.5 Å². The molecule has 2 amide bonds. The molecular weight excluding hydrogens is 645 g/mol. The maximum absolute atomic E-state index is 14.1. The number of thioether (sulfide) groups is 1. The third-order valence-electron chi connectivity index (χ3n) is 8.18. The van der Waals surface area contributed by atoms with Crippen LogP contribution in [0.3, 0.4) is 0 Å². The van der Waals surface area contributed by atoms with Gasteiger partial charge in [0.1, 0.15) is 10.9 Å². The Morgan fingerprint density at radius 3 is 2.18 bits per heavy atom. The molecule has 9 heteroatoms. The molecule has 0 saturated heterocycles. The molecule has 7 rings (SSSR count). The molecule has 1 aliphatic heterocycles. The number of aromatic carboxylic acids is 1. The van der Waals surface area contributed by atoms with E-state index in [0.717, 1.165) is 16.7 Å². The van der Waals surface area contributed by atoms with Gasteiger partial charge in [-0.2, -0.15) is 0 Å². The third kappa shape index (κ3) is 6.80. The number of carboxylic acids is 1. The highest BCUT2D eigenvalue weighted by Gasteiger charge is 2.36. The Balaban J connectivity index is 1.19. The Morgan fingerprint density at radius 1 is 0.820 bits per heavy atom. The first kappa shape index (κ1) is 32.2. The average molecular weight is 675 g/mol. The van der Waals surface area contributed by atoms with Crippen molar-refractivity contribution >= 4 is 63.1 Å². The highest BCUT2D eigenvalue weighted by Crippen LogP contribution is 2.38. The first-order valence-electron chi connectivity index (χ1n) is 15.9. The Kier molecular flexibility index (Phi) is 9.05. The van der Waals surface area contributed by atoms with Crippen LogP contribution < -0.4 is 10.2 Å². The predicted molar refractivity (Wildman–Crippen MR) is 200 cm³/mol. The van der Waals surface area contributed by atoms with Gasteiger partial charge in [0.25, 0.3) is 5.91 Å². The number of carbonyl (C=O) groups is 3. The number of aromatic nitrogens is 1. The Hall–Kier alpha value is -6.32. The van der Waals surface area contributed by atoms with E-state index in [1.807, 2.05) is 97.9 Å². The summed E-state index contributed by atoms with van der Waals surface area (Å²) in [6.07, 6.45) is 1.76. The third-order valence-corrected chi connectivity index (χ3v) is 9.39. The maximum atomic E-state index is 14.1. The molecule has 1 aliphatic rings. The van der Waals surface area contributed by atoms with E-state index in [1.54, 1.807) is 59.5 Å². The van der Waals surface area contributed by atoms with Gasteiger partial charge in [0, 0.05) is 16.6 Å². The number of aliphatic imine (C=N–C) groups is 1. The van der Waals surface area contributed by atoms with Gasteiger partial charge in [-0.25, -0.2) is 14.8 Å². The zero-order valence-corrected chi connectivity index (χ0v) is 27.7. The van der Waals surface area contributed by atoms with E-state index in [0.29, 0.717) is 38.7 Å². The summed E-state index contributed by atoms with van der Waals surface area (Å²) in [5.74, 6) is -1.61. The van der Waals surface area contributed by atoms with Crippen LogP contribution in [0.2, 0.25) is 0 Å². The average Bonchev–Trinajstić information content (AvgIpc) is 3.45. The fraction of sp³-hybridized carbons (Fsp3) is 0.0488. The van der Waals surface area contributed by atoms with E-state index >= 15 is 0 Å². The molecule has 244 valence electrons. The first-order valence-corrected chi connectivity index (χ1v) is 16.7. The SMILES string of the molecule is Cc1ccc(/C=C2\N=C(SC(C(=O)Nc3ccc(-c4cc(C(=O)O)c5ccccc5n4)cc3)c3ccccc3)N(c3ccccc3)C2=O)cc1. The number of pyridine rings is 1. The molecule has 1 aromatic heterocycles. The van der Waals surface area contributed by atoms with Crippen molar-refractivity contribution in [2.75, 3.05) is 10.2 Å². The van der Waals surface area contributed by atoms with Crippen LogP contribution in [-0.2, 0) is 9.59 Å². The first-order chi connectivity index (χ1) is 24.3. The van der Waals surface area contributed by atoms with Gasteiger partial charge in [0.15, 0.2) is 5.17 Å². The van der Waals surface area contributed by atoms with Crippen LogP contribution in [0.4, 0.5) is 11.4 Å². The lowest BCUT2D eigenvalue weighted by Gasteiger charge is -2.22. The number of fused-ring (bicyclic) bond motifs is 1. The molecule has 8 nitrogen and oxygen atoms in total. The van der Waals surface area contributed by atoms with Gasteiger partial charge in [-0.1, -0.05) is 120 Å². The van der Waals surface area contributed by atoms with Crippen molar-refractivity contribution in [2.24, 2.45) is 4.99 Å². The van der Waals surface area contributed by atoms with Crippen molar-refractivity contribution in [3.05, 3.63) is 167 Å². The second-order valence-electron chi connectivity index (χ2n) is 11.7. The number of hydrogen-bond donors (Lipinski definition) is 2. The molecule has 2 heterocycles. The van der Waals surface area contributed by atoms with E-state index in [4.69, 9.17) is 4.99 Å². The number of para-hydroxylation sites is 2. The van der Waals surface area contributed by atoms with Gasteiger partial charge in [0.2, 0.25) is 5.91 Å². The highest BCUT2D eigenvalue weighted by molar-refractivity contribution is 8.15. The summed E-state index contributed by atoms with van der Waals surface area (Å²) in [5, 5.41) is 13.0. The predicted octanol–water partition coefficient (Wildman–Crippen LogP) is 8.77. The number of hydrogen-bond acceptors (Lipinski definition) is 6. The molecular formula is C41H30N4O4S. The van der Waals surface area contributed by atoms with Crippen LogP contribution in [0.1, 0.15) is 32.3 Å². The molecule has 6 aromatic rings. The van der Waals surface area contributed by atoms with Gasteiger partial charge in [0.05, 0.1) is 22.5 Å². The number of amidine groups is 1. The molecule has 1 atom stereocenters. The van der Waals surface area contributed by atoms with Crippen molar-refractivity contribution in [1.82, 2.24) is 4.98 Å². The lowest BCUT2D eigenvalue weighted by atomic mass is 10.0. The molecule has 0 radical (unpaired) electrons. The number of benzene rings is 5. The largest absolute Gasteiger partial charge is 0.478 e. The molecule has 2 N–H and O–H groups in total. The second-order valence-corrected chi connectivity index (χ2v) is 12.7. The van der Waals surface area contributed by atoms with Gasteiger partial charge in [-0.15, -0.1) is 0 Å². The van der Waals surface area contributed by atoms with Crippen molar-refractivity contribution in [3.63, 3.8) is 0 Å². The minimum atomic E-state index is -1.03. The maximum Gasteiger partial charge on any atom is 0.336 e. The summed E-state index contributed by atoms with van der Waals surface area (Å²) < 4.78 is 0. The topological polar surface area (TPSA) is 112 Å². The normalized spacial score (nSPS) is 14.1. The standard InChI is InChI=1S/C41H30N4O4S/c1-26-16-18-27(19-17-26)24-36-39(47)45(31-12-6-3-7-13-31)41(44-36)50-37(29-10-4-2-5-11-29)38(46)42-30-22-20-28(21-23-30)35-25-33(40(48)49)32-14-8-9-15-34(32)43-35/h2-25,37H,1H3,(H,42,46)(H,48,49)/b36-24-. The van der Waals surface area contributed by atoms with Crippen LogP contribution in [0.5, 0.6) is 0 Å². The number of carboxylic acid groups (broad SMARTS) is 1. The zero-order chi connectivity index (χ0) is 34.6. The van der Waals surface area contributed by atoms with Crippen LogP contribution >= 0.6 is 11.8 Å². The lowest BCUT2D eigenvalue weighted by Crippen LogP contribution is -2.32. The number of nitrogens with zero attached hydrogens (tertiary/aromatic N) is 3. The Bertz CT molecular complexity index is 2290. The highest BCUT2D eigenvalue weighted by atomic mass is 32.2. The number of carbonyl (C=O) groups excluding carboxylic acids is 2. The van der Waals surface area contributed by atoms with Crippen LogP contribution in [0, 0.1) is 6.92 Å². The second kappa shape index (κ2) is 14.0. The van der Waals surface area contributed by atoms with E-state index < -0.39 is 11.2 Å². The quantitative estimate of drug-likeness (QED) is 0.156. The molecule has 0 aliphatic carbocycles. The summed E-state index contributed by atoms with van der Waals surface area (Å²) in [6, 6.07) is 42.3. The summed E-state index contributed by atoms with van der Waals surface area (Å²) in [7, 11) is 0. The minimum Gasteiger partial charge on any atom is -0.478 e. The number of amides is 2. The van der Waals surface area contributed by atoms with Crippen LogP contribution in [-0.4, -0.2) is 33.0 Å². The smallest absolute Gasteiger partial charge is 0.336 e. The molecule has 5 aromatic carbocycles. The van der Waals surface area contributed by atoms with Gasteiger partial charge in [-0.3, -0.25) is 14.5 Å². The summed E-state index contributed by atoms with van der Waals surface area (Å²) in [6.45, 7) is 2.00. The van der Waals surface area contributed by atoms with Crippen LogP contribution in [0.15, 0.2) is 150 Å². The zero-order valence-electron chi connectivity index (χ0n) is 26.9. The molecule has 1 unspecified atom stereocenters. The van der Waals surface area contributed by atoms with E-state index in [2.05, 4.69) is 10.3 Å². The fourth-order valence-electron chi connectivity index (χ4n) is 5.64. The van der Waals surface area contributed by atoms with Crippen molar-refractivity contribution < 1.29 is 19.5 Å².